The van der Waals surface area contributed by atoms with Crippen LogP contribution in [0, 0.1) is 5.41 Å². The smallest absolute Gasteiger partial charge is 0.169 e. The van der Waals surface area contributed by atoms with Gasteiger partial charge in [0.15, 0.2) is 5.84 Å². The highest BCUT2D eigenvalue weighted by atomic mass is 16.3. The Bertz CT molecular complexity index is 530. The second kappa shape index (κ2) is 4.67. The molecule has 1 heterocycles. The van der Waals surface area contributed by atoms with Crippen molar-refractivity contribution in [3.63, 3.8) is 0 Å². The van der Waals surface area contributed by atoms with Crippen molar-refractivity contribution in [3.05, 3.63) is 29.8 Å². The summed E-state index contributed by atoms with van der Waals surface area (Å²) >= 11 is 0. The number of hydrogen-bond acceptors (Lipinski definition) is 5. The Morgan fingerprint density at radius 3 is 2.44 bits per heavy atom. The standard InChI is InChI=1S/C12H15N5O/c1-7-10(11(13)17(2)16-7)15-9-5-3-8(4-6-9)12(14)18/h3-6,12-13,18H,14H2,1-2H3. The van der Waals surface area contributed by atoms with Crippen LogP contribution in [-0.2, 0) is 0 Å². The maximum atomic E-state index is 9.20. The molecule has 6 heteroatoms. The quantitative estimate of drug-likeness (QED) is 0.678. The largest absolute Gasteiger partial charge is 0.375 e. The molecular formula is C12H15N5O. The molecule has 0 radical (unpaired) electrons. The molecule has 4 N–H and O–H groups in total. The molecule has 0 saturated carbocycles. The average Bonchev–Trinajstić information content (AvgIpc) is 2.57. The monoisotopic (exact) mass is 245 g/mol. The molecular weight excluding hydrogens is 230 g/mol. The predicted molar refractivity (Wildman–Crippen MR) is 71.3 cm³/mol. The van der Waals surface area contributed by atoms with E-state index in [1.54, 1.807) is 31.3 Å². The molecule has 1 aliphatic heterocycles. The highest BCUT2D eigenvalue weighted by molar-refractivity contribution is 6.69. The van der Waals surface area contributed by atoms with E-state index in [0.717, 1.165) is 0 Å². The minimum atomic E-state index is -0.981. The summed E-state index contributed by atoms with van der Waals surface area (Å²) in [6.45, 7) is 1.81. The average molecular weight is 245 g/mol. The van der Waals surface area contributed by atoms with Crippen LogP contribution in [0.2, 0.25) is 0 Å². The number of benzene rings is 1. The van der Waals surface area contributed by atoms with Crippen molar-refractivity contribution in [1.29, 1.82) is 5.41 Å². The molecule has 1 unspecified atom stereocenters. The topological polar surface area (TPSA) is 98.1 Å². The Morgan fingerprint density at radius 2 is 2.00 bits per heavy atom. The number of nitrogens with two attached hydrogens (primary N) is 1. The highest BCUT2D eigenvalue weighted by Gasteiger charge is 2.22. The van der Waals surface area contributed by atoms with E-state index < -0.39 is 6.23 Å². The van der Waals surface area contributed by atoms with Gasteiger partial charge in [0.2, 0.25) is 0 Å². The Balaban J connectivity index is 2.29. The maximum Gasteiger partial charge on any atom is 0.169 e. The van der Waals surface area contributed by atoms with E-state index in [0.29, 0.717) is 22.7 Å². The summed E-state index contributed by atoms with van der Waals surface area (Å²) in [5, 5.41) is 22.6. The summed E-state index contributed by atoms with van der Waals surface area (Å²) in [5.41, 5.74) is 7.94. The number of aliphatic hydroxyl groups excluding tert-OH is 1. The second-order valence-electron chi connectivity index (χ2n) is 4.05. The van der Waals surface area contributed by atoms with Gasteiger partial charge in [-0.2, -0.15) is 5.10 Å². The van der Waals surface area contributed by atoms with Crippen molar-refractivity contribution in [2.75, 3.05) is 7.05 Å². The Kier molecular flexibility index (Phi) is 3.22. The third-order valence-corrected chi connectivity index (χ3v) is 2.67. The van der Waals surface area contributed by atoms with Crippen molar-refractivity contribution in [2.45, 2.75) is 13.2 Å². The lowest BCUT2D eigenvalue weighted by molar-refractivity contribution is 0.186. The molecule has 1 aromatic rings. The first-order valence-corrected chi connectivity index (χ1v) is 5.49. The van der Waals surface area contributed by atoms with Crippen LogP contribution in [0.4, 0.5) is 5.69 Å². The molecule has 18 heavy (non-hydrogen) atoms. The van der Waals surface area contributed by atoms with Crippen molar-refractivity contribution >= 4 is 22.9 Å². The first-order chi connectivity index (χ1) is 8.49. The van der Waals surface area contributed by atoms with E-state index >= 15 is 0 Å². The fourth-order valence-corrected chi connectivity index (χ4v) is 1.66. The normalized spacial score (nSPS) is 19.3. The van der Waals surface area contributed by atoms with E-state index in [1.165, 1.54) is 5.01 Å². The minimum Gasteiger partial charge on any atom is -0.375 e. The minimum absolute atomic E-state index is 0.274. The lowest BCUT2D eigenvalue weighted by Gasteiger charge is -2.06. The van der Waals surface area contributed by atoms with Gasteiger partial charge in [-0.1, -0.05) is 12.1 Å². The molecule has 0 amide bonds. The fraction of sp³-hybridized carbons (Fsp3) is 0.250. The predicted octanol–water partition coefficient (Wildman–Crippen LogP) is 1.01. The van der Waals surface area contributed by atoms with Crippen molar-refractivity contribution in [3.8, 4) is 0 Å². The summed E-state index contributed by atoms with van der Waals surface area (Å²) in [6, 6.07) is 6.91. The van der Waals surface area contributed by atoms with Crippen molar-refractivity contribution in [1.82, 2.24) is 5.01 Å². The summed E-state index contributed by atoms with van der Waals surface area (Å²) in [7, 11) is 1.71. The van der Waals surface area contributed by atoms with Gasteiger partial charge in [0, 0.05) is 7.05 Å². The molecule has 0 fully saturated rings. The zero-order valence-electron chi connectivity index (χ0n) is 10.3. The highest BCUT2D eigenvalue weighted by Crippen LogP contribution is 2.17. The van der Waals surface area contributed by atoms with Gasteiger partial charge in [-0.3, -0.25) is 5.41 Å². The van der Waals surface area contributed by atoms with Gasteiger partial charge in [-0.05, 0) is 24.6 Å². The van der Waals surface area contributed by atoms with E-state index in [1.807, 2.05) is 6.92 Å². The lowest BCUT2D eigenvalue weighted by atomic mass is 10.2. The molecule has 1 aliphatic rings. The zero-order valence-corrected chi connectivity index (χ0v) is 10.3. The van der Waals surface area contributed by atoms with Crippen molar-refractivity contribution < 1.29 is 5.11 Å². The molecule has 0 aromatic heterocycles. The van der Waals surface area contributed by atoms with E-state index in [2.05, 4.69) is 10.1 Å². The van der Waals surface area contributed by atoms with Crippen LogP contribution in [0.3, 0.4) is 0 Å². The van der Waals surface area contributed by atoms with Gasteiger partial charge in [0.05, 0.1) is 11.4 Å². The van der Waals surface area contributed by atoms with E-state index in [9.17, 15) is 5.11 Å². The number of hydrazone groups is 1. The number of nitrogens with one attached hydrogen (secondary N) is 1. The van der Waals surface area contributed by atoms with Crippen LogP contribution in [0.5, 0.6) is 0 Å². The Hall–Kier alpha value is -2.05. The molecule has 94 valence electrons. The number of aliphatic hydroxyl groups is 1. The van der Waals surface area contributed by atoms with Gasteiger partial charge in [-0.25, -0.2) is 10.0 Å². The first kappa shape index (κ1) is 12.4. The van der Waals surface area contributed by atoms with Gasteiger partial charge in [-0.15, -0.1) is 0 Å². The second-order valence-corrected chi connectivity index (χ2v) is 4.05. The Morgan fingerprint density at radius 1 is 1.39 bits per heavy atom. The third kappa shape index (κ3) is 2.29. The third-order valence-electron chi connectivity index (χ3n) is 2.67. The molecule has 2 rings (SSSR count). The maximum absolute atomic E-state index is 9.20. The molecule has 1 aromatic carbocycles. The van der Waals surface area contributed by atoms with E-state index in [4.69, 9.17) is 11.1 Å². The summed E-state index contributed by atoms with van der Waals surface area (Å²) in [4.78, 5) is 4.37. The molecule has 0 saturated heterocycles. The van der Waals surface area contributed by atoms with Gasteiger partial charge in [0.1, 0.15) is 11.9 Å². The molecule has 0 aliphatic carbocycles. The lowest BCUT2D eigenvalue weighted by Crippen LogP contribution is -2.23. The van der Waals surface area contributed by atoms with Crippen molar-refractivity contribution in [2.24, 2.45) is 15.8 Å². The molecule has 6 nitrogen and oxygen atoms in total. The van der Waals surface area contributed by atoms with Gasteiger partial charge < -0.3 is 10.8 Å². The molecule has 0 spiro atoms. The number of aliphatic imine (C=N–C) groups is 1. The summed E-state index contributed by atoms with van der Waals surface area (Å²) < 4.78 is 0. The van der Waals surface area contributed by atoms with Gasteiger partial charge in [0.25, 0.3) is 0 Å². The van der Waals surface area contributed by atoms with Crippen LogP contribution < -0.4 is 5.73 Å². The fourth-order valence-electron chi connectivity index (χ4n) is 1.66. The number of rotatable bonds is 2. The number of amidine groups is 1. The first-order valence-electron chi connectivity index (χ1n) is 5.49. The van der Waals surface area contributed by atoms with Crippen LogP contribution in [-0.4, -0.2) is 34.4 Å². The van der Waals surface area contributed by atoms with Crippen LogP contribution >= 0.6 is 0 Å². The SMILES string of the molecule is CC1=NN(C)C(=N)C1=Nc1ccc(C(N)O)cc1. The number of hydrogen-bond donors (Lipinski definition) is 3. The van der Waals surface area contributed by atoms with Crippen LogP contribution in [0.25, 0.3) is 0 Å². The summed E-state index contributed by atoms with van der Waals surface area (Å²) in [6.07, 6.45) is -0.981. The summed E-state index contributed by atoms with van der Waals surface area (Å²) in [5.74, 6) is 0.274. The van der Waals surface area contributed by atoms with E-state index in [-0.39, 0.29) is 5.84 Å². The Labute approximate surface area is 105 Å². The van der Waals surface area contributed by atoms with Gasteiger partial charge >= 0.3 is 0 Å². The van der Waals surface area contributed by atoms with Crippen LogP contribution in [0.1, 0.15) is 18.7 Å². The van der Waals surface area contributed by atoms with Crippen LogP contribution in [0.15, 0.2) is 34.4 Å². The zero-order chi connectivity index (χ0) is 13.3. The molecule has 1 atom stereocenters. The molecule has 0 bridgehead atoms. The number of nitrogens with zero attached hydrogens (tertiary/aromatic N) is 3.